The Kier molecular flexibility index (Phi) is 6.43. The van der Waals surface area contributed by atoms with Crippen molar-refractivity contribution >= 4 is 28.7 Å². The maximum absolute atomic E-state index is 13.0. The number of carbonyl (C=O) groups is 2. The van der Waals surface area contributed by atoms with E-state index in [0.29, 0.717) is 11.4 Å². The number of hydrogen-bond acceptors (Lipinski definition) is 4. The second-order valence-electron chi connectivity index (χ2n) is 6.40. The number of hydrogen-bond donors (Lipinski definition) is 1. The zero-order valence-corrected chi connectivity index (χ0v) is 16.0. The van der Waals surface area contributed by atoms with Crippen LogP contribution in [0.1, 0.15) is 33.6 Å². The predicted octanol–water partition coefficient (Wildman–Crippen LogP) is 5.16. The first-order chi connectivity index (χ1) is 13.8. The normalized spacial score (nSPS) is 11.3. The summed E-state index contributed by atoms with van der Waals surface area (Å²) in [6.07, 6.45) is -4.25. The fourth-order valence-electron chi connectivity index (χ4n) is 2.83. The number of alkyl halides is 3. The van der Waals surface area contributed by atoms with E-state index in [1.54, 1.807) is 35.2 Å². The molecule has 3 rings (SSSR count). The van der Waals surface area contributed by atoms with Crippen LogP contribution < -0.4 is 5.32 Å². The minimum atomic E-state index is -4.43. The molecule has 0 spiro atoms. The number of thiazole rings is 1. The molecule has 1 heterocycles. The number of nitrogens with zero attached hydrogens (tertiary/aromatic N) is 1. The Morgan fingerprint density at radius 3 is 2.41 bits per heavy atom. The average molecular weight is 418 g/mol. The third kappa shape index (κ3) is 5.74. The fourth-order valence-corrected chi connectivity index (χ4v) is 3.36. The van der Waals surface area contributed by atoms with Crippen molar-refractivity contribution in [3.8, 4) is 0 Å². The molecule has 0 aliphatic carbocycles. The van der Waals surface area contributed by atoms with Crippen LogP contribution in [-0.4, -0.2) is 16.7 Å². The molecule has 0 aliphatic rings. The Morgan fingerprint density at radius 1 is 1.03 bits per heavy atom. The molecule has 150 valence electrons. The van der Waals surface area contributed by atoms with Gasteiger partial charge in [0, 0.05) is 23.9 Å². The Hall–Kier alpha value is -3.00. The third-order valence-electron chi connectivity index (χ3n) is 4.27. The molecule has 0 bridgehead atoms. The van der Waals surface area contributed by atoms with Crippen molar-refractivity contribution in [2.45, 2.75) is 25.4 Å². The lowest BCUT2D eigenvalue weighted by molar-refractivity contribution is -0.138. The monoisotopic (exact) mass is 418 g/mol. The van der Waals surface area contributed by atoms with Gasteiger partial charge in [0.1, 0.15) is 11.5 Å². The number of aromatic nitrogens is 1. The summed E-state index contributed by atoms with van der Waals surface area (Å²) in [6, 6.07) is 12.1. The first kappa shape index (κ1) is 20.7. The zero-order valence-electron chi connectivity index (χ0n) is 15.2. The first-order valence-corrected chi connectivity index (χ1v) is 9.72. The van der Waals surface area contributed by atoms with Crippen molar-refractivity contribution in [3.05, 3.63) is 81.8 Å². The summed E-state index contributed by atoms with van der Waals surface area (Å²) in [5.74, 6) is -0.473. The molecule has 1 amide bonds. The highest BCUT2D eigenvalue weighted by Crippen LogP contribution is 2.32. The van der Waals surface area contributed by atoms with E-state index in [9.17, 15) is 22.8 Å². The number of Topliss-reactive ketones (excluding diaryl/α,β-unsaturated/α-hetero) is 1. The predicted molar refractivity (Wildman–Crippen MR) is 105 cm³/mol. The Labute approximate surface area is 169 Å². The second kappa shape index (κ2) is 9.00. The molecule has 8 heteroatoms. The summed E-state index contributed by atoms with van der Waals surface area (Å²) in [6.45, 7) is 0. The minimum Gasteiger partial charge on any atom is -0.321 e. The van der Waals surface area contributed by atoms with Gasteiger partial charge in [0.05, 0.1) is 11.1 Å². The topological polar surface area (TPSA) is 59.1 Å². The molecule has 4 nitrogen and oxygen atoms in total. The van der Waals surface area contributed by atoms with Crippen molar-refractivity contribution in [1.82, 2.24) is 4.98 Å². The summed E-state index contributed by atoms with van der Waals surface area (Å²) in [5, 5.41) is 4.34. The van der Waals surface area contributed by atoms with Crippen molar-refractivity contribution < 1.29 is 22.8 Å². The van der Waals surface area contributed by atoms with Crippen LogP contribution in [0.3, 0.4) is 0 Å². The zero-order chi connectivity index (χ0) is 20.9. The molecule has 1 N–H and O–H groups in total. The van der Waals surface area contributed by atoms with Gasteiger partial charge in [-0.05, 0) is 35.7 Å². The lowest BCUT2D eigenvalue weighted by atomic mass is 9.99. The van der Waals surface area contributed by atoms with Crippen LogP contribution in [0.25, 0.3) is 0 Å². The van der Waals surface area contributed by atoms with Gasteiger partial charge in [-0.15, -0.1) is 11.3 Å². The van der Waals surface area contributed by atoms with Crippen LogP contribution in [0.15, 0.2) is 59.4 Å². The number of rotatable bonds is 7. The number of anilines is 1. The molecule has 29 heavy (non-hydrogen) atoms. The van der Waals surface area contributed by atoms with E-state index < -0.39 is 11.7 Å². The summed E-state index contributed by atoms with van der Waals surface area (Å²) < 4.78 is 39.1. The van der Waals surface area contributed by atoms with E-state index >= 15 is 0 Å². The average Bonchev–Trinajstić information content (AvgIpc) is 3.22. The molecule has 0 unspecified atom stereocenters. The van der Waals surface area contributed by atoms with Crippen molar-refractivity contribution in [3.63, 3.8) is 0 Å². The first-order valence-electron chi connectivity index (χ1n) is 8.78. The minimum absolute atomic E-state index is 0.0232. The molecule has 0 radical (unpaired) electrons. The highest BCUT2D eigenvalue weighted by molar-refractivity contribution is 7.07. The number of carbonyl (C=O) groups excluding carboxylic acids is 2. The van der Waals surface area contributed by atoms with Crippen molar-refractivity contribution in [1.29, 1.82) is 0 Å². The van der Waals surface area contributed by atoms with E-state index in [0.717, 1.165) is 11.6 Å². The van der Waals surface area contributed by atoms with Gasteiger partial charge in [-0.25, -0.2) is 4.98 Å². The van der Waals surface area contributed by atoms with Gasteiger partial charge in [-0.2, -0.15) is 13.2 Å². The number of ketones is 1. The quantitative estimate of drug-likeness (QED) is 0.577. The van der Waals surface area contributed by atoms with Gasteiger partial charge in [0.15, 0.2) is 0 Å². The van der Waals surface area contributed by atoms with E-state index in [-0.39, 0.29) is 36.5 Å². The molecule has 0 atom stereocenters. The fraction of sp³-hybridized carbons (Fsp3) is 0.190. The summed E-state index contributed by atoms with van der Waals surface area (Å²) >= 11 is 1.32. The van der Waals surface area contributed by atoms with E-state index in [1.165, 1.54) is 29.5 Å². The van der Waals surface area contributed by atoms with Crippen molar-refractivity contribution in [2.75, 3.05) is 5.32 Å². The molecule has 3 aromatic rings. The Bertz CT molecular complexity index is 984. The third-order valence-corrected chi connectivity index (χ3v) is 4.86. The number of halogens is 3. The maximum Gasteiger partial charge on any atom is 0.416 e. The maximum atomic E-state index is 13.0. The van der Waals surface area contributed by atoms with Gasteiger partial charge in [0.2, 0.25) is 0 Å². The molecule has 0 saturated carbocycles. The molecule has 1 aromatic heterocycles. The Morgan fingerprint density at radius 2 is 1.76 bits per heavy atom. The van der Waals surface area contributed by atoms with Crippen LogP contribution in [-0.2, 0) is 23.8 Å². The van der Waals surface area contributed by atoms with E-state index in [1.807, 2.05) is 0 Å². The van der Waals surface area contributed by atoms with Gasteiger partial charge >= 0.3 is 6.18 Å². The van der Waals surface area contributed by atoms with Crippen LogP contribution in [0.5, 0.6) is 0 Å². The molecule has 0 fully saturated rings. The number of nitrogens with one attached hydrogen (secondary N) is 1. The second-order valence-corrected chi connectivity index (χ2v) is 7.11. The molecular weight excluding hydrogens is 401 g/mol. The molecule has 2 aromatic carbocycles. The Balaban J connectivity index is 1.54. The van der Waals surface area contributed by atoms with Crippen LogP contribution in [0.2, 0.25) is 0 Å². The molecular formula is C21H17F3N2O2S. The van der Waals surface area contributed by atoms with E-state index in [2.05, 4.69) is 10.3 Å². The SMILES string of the molecule is O=C(CCc1ccccc1C(F)(F)F)Cc1ccc(NC(=O)c2cscn2)cc1. The van der Waals surface area contributed by atoms with Gasteiger partial charge in [-0.1, -0.05) is 30.3 Å². The summed E-state index contributed by atoms with van der Waals surface area (Å²) in [4.78, 5) is 28.1. The van der Waals surface area contributed by atoms with Gasteiger partial charge in [0.25, 0.3) is 5.91 Å². The van der Waals surface area contributed by atoms with E-state index in [4.69, 9.17) is 0 Å². The summed E-state index contributed by atoms with van der Waals surface area (Å²) in [7, 11) is 0. The van der Waals surface area contributed by atoms with Crippen LogP contribution in [0, 0.1) is 0 Å². The highest BCUT2D eigenvalue weighted by atomic mass is 32.1. The lowest BCUT2D eigenvalue weighted by Crippen LogP contribution is -2.12. The smallest absolute Gasteiger partial charge is 0.321 e. The largest absolute Gasteiger partial charge is 0.416 e. The number of amides is 1. The lowest BCUT2D eigenvalue weighted by Gasteiger charge is -2.12. The van der Waals surface area contributed by atoms with Crippen molar-refractivity contribution in [2.24, 2.45) is 0 Å². The summed E-state index contributed by atoms with van der Waals surface area (Å²) in [5.41, 5.74) is 2.61. The van der Waals surface area contributed by atoms with Crippen LogP contribution >= 0.6 is 11.3 Å². The van der Waals surface area contributed by atoms with Gasteiger partial charge in [-0.3, -0.25) is 9.59 Å². The molecule has 0 saturated heterocycles. The van der Waals surface area contributed by atoms with Crippen LogP contribution in [0.4, 0.5) is 18.9 Å². The standard InChI is InChI=1S/C21H17F3N2O2S/c22-21(23,24)18-4-2-1-3-15(18)7-10-17(27)11-14-5-8-16(9-6-14)26-20(28)19-12-29-13-25-19/h1-6,8-9,12-13H,7,10-11H2,(H,26,28). The van der Waals surface area contributed by atoms with Gasteiger partial charge < -0.3 is 5.32 Å². The highest BCUT2D eigenvalue weighted by Gasteiger charge is 2.32. The number of benzene rings is 2. The number of aryl methyl sites for hydroxylation is 1. The molecule has 0 aliphatic heterocycles.